The maximum atomic E-state index is 12.3. The molecule has 0 amide bonds. The molecule has 0 aliphatic rings. The second-order valence-corrected chi connectivity index (χ2v) is 6.97. The third-order valence-corrected chi connectivity index (χ3v) is 4.88. The molecule has 2 aromatic rings. The minimum Gasteiger partial charge on any atom is -0.260 e. The van der Waals surface area contributed by atoms with Crippen molar-refractivity contribution in [1.82, 2.24) is 9.29 Å². The van der Waals surface area contributed by atoms with Gasteiger partial charge in [-0.15, -0.1) is 0 Å². The van der Waals surface area contributed by atoms with E-state index >= 15 is 0 Å². The van der Waals surface area contributed by atoms with Crippen molar-refractivity contribution >= 4 is 21.6 Å². The Bertz CT molecular complexity index is 657. The Morgan fingerprint density at radius 1 is 1.15 bits per heavy atom. The van der Waals surface area contributed by atoms with E-state index < -0.39 is 10.0 Å². The van der Waals surface area contributed by atoms with Crippen molar-refractivity contribution in [3.8, 4) is 0 Å². The molecule has 0 unspecified atom stereocenters. The Hall–Kier alpha value is -1.43. The van der Waals surface area contributed by atoms with Crippen LogP contribution >= 0.6 is 11.6 Å². The number of benzene rings is 1. The highest BCUT2D eigenvalue weighted by Crippen LogP contribution is 2.14. The molecule has 0 bridgehead atoms. The van der Waals surface area contributed by atoms with Crippen LogP contribution in [0, 0.1) is 0 Å². The molecule has 20 heavy (non-hydrogen) atoms. The van der Waals surface area contributed by atoms with Gasteiger partial charge in [0.25, 0.3) is 0 Å². The van der Waals surface area contributed by atoms with Gasteiger partial charge in [-0.1, -0.05) is 29.8 Å². The monoisotopic (exact) mass is 310 g/mol. The van der Waals surface area contributed by atoms with Crippen LogP contribution in [0.3, 0.4) is 0 Å². The molecule has 2 rings (SSSR count). The highest BCUT2D eigenvalue weighted by molar-refractivity contribution is 7.88. The molecule has 0 spiro atoms. The minimum absolute atomic E-state index is 0.0481. The lowest BCUT2D eigenvalue weighted by molar-refractivity contribution is 0.461. The van der Waals surface area contributed by atoms with Gasteiger partial charge >= 0.3 is 0 Å². The largest absolute Gasteiger partial charge is 0.260 e. The van der Waals surface area contributed by atoms with Crippen LogP contribution in [-0.4, -0.2) is 24.8 Å². The van der Waals surface area contributed by atoms with Gasteiger partial charge in [0.1, 0.15) is 0 Å². The Labute approximate surface area is 124 Å². The Morgan fingerprint density at radius 3 is 2.45 bits per heavy atom. The molecule has 1 heterocycles. The maximum absolute atomic E-state index is 12.3. The van der Waals surface area contributed by atoms with Crippen molar-refractivity contribution in [3.63, 3.8) is 0 Å². The Balaban J connectivity index is 2.08. The zero-order valence-electron chi connectivity index (χ0n) is 11.0. The summed E-state index contributed by atoms with van der Waals surface area (Å²) in [5.41, 5.74) is 1.43. The molecular weight excluding hydrogens is 296 g/mol. The van der Waals surface area contributed by atoms with Crippen molar-refractivity contribution in [2.24, 2.45) is 0 Å². The third kappa shape index (κ3) is 4.03. The molecule has 0 atom stereocenters. The van der Waals surface area contributed by atoms with Gasteiger partial charge < -0.3 is 0 Å². The Morgan fingerprint density at radius 2 is 1.85 bits per heavy atom. The average molecular weight is 311 g/mol. The maximum Gasteiger partial charge on any atom is 0.218 e. The molecule has 0 saturated carbocycles. The second-order valence-electron chi connectivity index (χ2n) is 4.46. The van der Waals surface area contributed by atoms with Gasteiger partial charge in [0.05, 0.1) is 18.0 Å². The van der Waals surface area contributed by atoms with Crippen molar-refractivity contribution in [1.29, 1.82) is 0 Å². The molecule has 106 valence electrons. The summed E-state index contributed by atoms with van der Waals surface area (Å²) >= 11 is 5.78. The molecule has 0 saturated heterocycles. The van der Waals surface area contributed by atoms with Gasteiger partial charge in [-0.05, 0) is 29.8 Å². The van der Waals surface area contributed by atoms with E-state index in [0.29, 0.717) is 10.6 Å². The van der Waals surface area contributed by atoms with Crippen LogP contribution in [0.5, 0.6) is 0 Å². The highest BCUT2D eigenvalue weighted by Gasteiger charge is 2.19. The molecule has 6 heteroatoms. The fourth-order valence-electron chi connectivity index (χ4n) is 1.72. The van der Waals surface area contributed by atoms with Crippen molar-refractivity contribution < 1.29 is 8.42 Å². The molecule has 1 aromatic heterocycles. The van der Waals surface area contributed by atoms with Crippen LogP contribution in [0.15, 0.2) is 48.7 Å². The summed E-state index contributed by atoms with van der Waals surface area (Å²) in [6.45, 7) is 0.261. The average Bonchev–Trinajstić information content (AvgIpc) is 2.42. The number of halogens is 1. The van der Waals surface area contributed by atoms with Gasteiger partial charge in [0, 0.05) is 18.3 Å². The second kappa shape index (κ2) is 6.35. The highest BCUT2D eigenvalue weighted by atomic mass is 35.5. The van der Waals surface area contributed by atoms with E-state index in [1.807, 2.05) is 6.07 Å². The number of nitrogens with zero attached hydrogens (tertiary/aromatic N) is 2. The van der Waals surface area contributed by atoms with Gasteiger partial charge in [0.2, 0.25) is 10.0 Å². The van der Waals surface area contributed by atoms with E-state index in [4.69, 9.17) is 11.6 Å². The first-order chi connectivity index (χ1) is 9.47. The number of hydrogen-bond acceptors (Lipinski definition) is 3. The standard InChI is InChI=1S/C14H15ClN2O2S/c1-17(10-14-4-2-3-9-16-14)20(18,19)11-12-5-7-13(15)8-6-12/h2-9H,10-11H2,1H3. The number of hydrogen-bond donors (Lipinski definition) is 0. The van der Waals surface area contributed by atoms with Crippen molar-refractivity contribution in [2.75, 3.05) is 7.05 Å². The summed E-state index contributed by atoms with van der Waals surface area (Å²) in [6.07, 6.45) is 1.65. The van der Waals surface area contributed by atoms with E-state index in [-0.39, 0.29) is 12.3 Å². The molecule has 0 aliphatic carbocycles. The Kier molecular flexibility index (Phi) is 4.75. The molecule has 1 aromatic carbocycles. The number of aromatic nitrogens is 1. The lowest BCUT2D eigenvalue weighted by Gasteiger charge is -2.16. The zero-order chi connectivity index (χ0) is 14.6. The lowest BCUT2D eigenvalue weighted by atomic mass is 10.2. The summed E-state index contributed by atoms with van der Waals surface area (Å²) < 4.78 is 25.8. The normalized spacial score (nSPS) is 11.8. The van der Waals surface area contributed by atoms with E-state index in [9.17, 15) is 8.42 Å². The first-order valence-electron chi connectivity index (χ1n) is 6.06. The molecular formula is C14H15ClN2O2S. The van der Waals surface area contributed by atoms with Crippen LogP contribution in [0.1, 0.15) is 11.3 Å². The first kappa shape index (κ1) is 15.0. The first-order valence-corrected chi connectivity index (χ1v) is 8.04. The molecule has 0 radical (unpaired) electrons. The summed E-state index contributed by atoms with van der Waals surface area (Å²) in [5, 5.41) is 0.591. The summed E-state index contributed by atoms with van der Waals surface area (Å²) in [4.78, 5) is 4.13. The smallest absolute Gasteiger partial charge is 0.218 e. The van der Waals surface area contributed by atoms with Crippen LogP contribution in [0.2, 0.25) is 5.02 Å². The topological polar surface area (TPSA) is 50.3 Å². The third-order valence-electron chi connectivity index (χ3n) is 2.85. The predicted molar refractivity (Wildman–Crippen MR) is 79.8 cm³/mol. The number of rotatable bonds is 5. The lowest BCUT2D eigenvalue weighted by Crippen LogP contribution is -2.28. The van der Waals surface area contributed by atoms with Crippen LogP contribution < -0.4 is 0 Å². The number of sulfonamides is 1. The van der Waals surface area contributed by atoms with Gasteiger partial charge in [-0.25, -0.2) is 8.42 Å². The van der Waals surface area contributed by atoms with Gasteiger partial charge in [-0.3, -0.25) is 4.98 Å². The minimum atomic E-state index is -3.37. The van der Waals surface area contributed by atoms with Crippen molar-refractivity contribution in [2.45, 2.75) is 12.3 Å². The van der Waals surface area contributed by atoms with E-state index in [0.717, 1.165) is 5.69 Å². The van der Waals surface area contributed by atoms with Crippen LogP contribution in [-0.2, 0) is 22.3 Å². The fraction of sp³-hybridized carbons (Fsp3) is 0.214. The molecule has 0 aliphatic heterocycles. The van der Waals surface area contributed by atoms with E-state index in [2.05, 4.69) is 4.98 Å². The van der Waals surface area contributed by atoms with E-state index in [1.165, 1.54) is 4.31 Å². The molecule has 0 fully saturated rings. The summed E-state index contributed by atoms with van der Waals surface area (Å²) in [6, 6.07) is 12.2. The SMILES string of the molecule is CN(Cc1ccccn1)S(=O)(=O)Cc1ccc(Cl)cc1. The van der Waals surface area contributed by atoms with Gasteiger partial charge in [-0.2, -0.15) is 4.31 Å². The summed E-state index contributed by atoms with van der Waals surface area (Å²) in [7, 11) is -1.82. The predicted octanol–water partition coefficient (Wildman–Crippen LogP) is 2.70. The van der Waals surface area contributed by atoms with Crippen LogP contribution in [0.4, 0.5) is 0 Å². The summed E-state index contributed by atoms with van der Waals surface area (Å²) in [5.74, 6) is -0.0481. The van der Waals surface area contributed by atoms with E-state index in [1.54, 1.807) is 49.6 Å². The zero-order valence-corrected chi connectivity index (χ0v) is 12.6. The van der Waals surface area contributed by atoms with Crippen molar-refractivity contribution in [3.05, 3.63) is 64.9 Å². The molecule has 4 nitrogen and oxygen atoms in total. The molecule has 0 N–H and O–H groups in total. The fourth-order valence-corrected chi connectivity index (χ4v) is 3.01. The number of pyridine rings is 1. The van der Waals surface area contributed by atoms with Crippen LogP contribution in [0.25, 0.3) is 0 Å². The van der Waals surface area contributed by atoms with Gasteiger partial charge in [0.15, 0.2) is 0 Å². The quantitative estimate of drug-likeness (QED) is 0.853.